The number of methoxy groups -OCH3 is 1. The Labute approximate surface area is 104 Å². The molecule has 0 saturated carbocycles. The highest BCUT2D eigenvalue weighted by Gasteiger charge is 2.07. The second kappa shape index (κ2) is 5.50. The predicted octanol–water partition coefficient (Wildman–Crippen LogP) is 3.11. The zero-order valence-corrected chi connectivity index (χ0v) is 10.2. The summed E-state index contributed by atoms with van der Waals surface area (Å²) in [6.07, 6.45) is 0. The van der Waals surface area contributed by atoms with Gasteiger partial charge in [-0.15, -0.1) is 0 Å². The van der Waals surface area contributed by atoms with E-state index in [1.165, 1.54) is 11.3 Å². The molecule has 0 radical (unpaired) electrons. The summed E-state index contributed by atoms with van der Waals surface area (Å²) in [4.78, 5) is 11.6. The Kier molecular flexibility index (Phi) is 3.77. The Balaban J connectivity index is 1.95. The van der Waals surface area contributed by atoms with E-state index in [-0.39, 0.29) is 12.6 Å². The van der Waals surface area contributed by atoms with Crippen molar-refractivity contribution in [3.8, 4) is 5.75 Å². The monoisotopic (exact) mass is 248 g/mol. The number of hydrogen-bond donors (Lipinski definition) is 0. The summed E-state index contributed by atoms with van der Waals surface area (Å²) in [5.41, 5.74) is 1.51. The maximum Gasteiger partial charge on any atom is 0.339 e. The SMILES string of the molecule is COc1cccc(COC(=O)c2ccsc2)c1. The highest BCUT2D eigenvalue weighted by Crippen LogP contribution is 2.14. The zero-order valence-electron chi connectivity index (χ0n) is 9.38. The normalized spacial score (nSPS) is 9.94. The second-order valence-electron chi connectivity index (χ2n) is 3.44. The maximum absolute atomic E-state index is 11.6. The van der Waals surface area contributed by atoms with Crippen molar-refractivity contribution >= 4 is 17.3 Å². The number of carbonyl (C=O) groups is 1. The van der Waals surface area contributed by atoms with Crippen LogP contribution in [0, 0.1) is 0 Å². The second-order valence-corrected chi connectivity index (χ2v) is 4.22. The van der Waals surface area contributed by atoms with E-state index in [1.54, 1.807) is 18.6 Å². The molecule has 0 amide bonds. The number of rotatable bonds is 4. The standard InChI is InChI=1S/C13H12O3S/c1-15-12-4-2-3-10(7-12)8-16-13(14)11-5-6-17-9-11/h2-7,9H,8H2,1H3. The molecular formula is C13H12O3S. The molecule has 1 aromatic carbocycles. The lowest BCUT2D eigenvalue weighted by atomic mass is 10.2. The van der Waals surface area contributed by atoms with Gasteiger partial charge in [0, 0.05) is 5.38 Å². The molecule has 0 N–H and O–H groups in total. The minimum Gasteiger partial charge on any atom is -0.497 e. The van der Waals surface area contributed by atoms with Crippen molar-refractivity contribution in [3.63, 3.8) is 0 Å². The summed E-state index contributed by atoms with van der Waals surface area (Å²) < 4.78 is 10.3. The summed E-state index contributed by atoms with van der Waals surface area (Å²) in [6, 6.07) is 9.21. The number of carbonyl (C=O) groups excluding carboxylic acids is 1. The molecule has 2 rings (SSSR count). The average molecular weight is 248 g/mol. The van der Waals surface area contributed by atoms with E-state index in [0.29, 0.717) is 5.56 Å². The first kappa shape index (κ1) is 11.7. The van der Waals surface area contributed by atoms with Crippen LogP contribution in [0.25, 0.3) is 0 Å². The average Bonchev–Trinajstić information content (AvgIpc) is 2.90. The van der Waals surface area contributed by atoms with Crippen molar-refractivity contribution in [1.82, 2.24) is 0 Å². The molecule has 1 aromatic heterocycles. The van der Waals surface area contributed by atoms with E-state index in [1.807, 2.05) is 29.6 Å². The summed E-state index contributed by atoms with van der Waals surface area (Å²) in [6.45, 7) is 0.256. The van der Waals surface area contributed by atoms with Gasteiger partial charge in [-0.1, -0.05) is 12.1 Å². The van der Waals surface area contributed by atoms with E-state index >= 15 is 0 Å². The number of thiophene rings is 1. The van der Waals surface area contributed by atoms with Crippen molar-refractivity contribution in [2.75, 3.05) is 7.11 Å². The lowest BCUT2D eigenvalue weighted by Crippen LogP contribution is -2.03. The first-order chi connectivity index (χ1) is 8.29. The van der Waals surface area contributed by atoms with Gasteiger partial charge >= 0.3 is 5.97 Å². The Morgan fingerprint density at radius 3 is 2.94 bits per heavy atom. The van der Waals surface area contributed by atoms with Crippen LogP contribution >= 0.6 is 11.3 Å². The fourth-order valence-corrected chi connectivity index (χ4v) is 2.00. The molecule has 0 aliphatic heterocycles. The Hall–Kier alpha value is -1.81. The maximum atomic E-state index is 11.6. The fourth-order valence-electron chi connectivity index (χ4n) is 1.38. The van der Waals surface area contributed by atoms with Gasteiger partial charge in [0.2, 0.25) is 0 Å². The Morgan fingerprint density at radius 2 is 2.24 bits per heavy atom. The Morgan fingerprint density at radius 1 is 1.35 bits per heavy atom. The molecule has 3 nitrogen and oxygen atoms in total. The number of ether oxygens (including phenoxy) is 2. The van der Waals surface area contributed by atoms with Gasteiger partial charge in [-0.3, -0.25) is 0 Å². The first-order valence-electron chi connectivity index (χ1n) is 5.12. The van der Waals surface area contributed by atoms with E-state index in [9.17, 15) is 4.79 Å². The largest absolute Gasteiger partial charge is 0.497 e. The van der Waals surface area contributed by atoms with Crippen LogP contribution in [0.15, 0.2) is 41.1 Å². The molecule has 2 aromatic rings. The van der Waals surface area contributed by atoms with Crippen LogP contribution in [0.1, 0.15) is 15.9 Å². The summed E-state index contributed by atoms with van der Waals surface area (Å²) in [5.74, 6) is 0.461. The van der Waals surface area contributed by atoms with Crippen LogP contribution in [0.2, 0.25) is 0 Å². The molecule has 17 heavy (non-hydrogen) atoms. The van der Waals surface area contributed by atoms with E-state index < -0.39 is 0 Å². The van der Waals surface area contributed by atoms with Gasteiger partial charge in [-0.2, -0.15) is 11.3 Å². The first-order valence-corrected chi connectivity index (χ1v) is 6.06. The summed E-state index contributed by atoms with van der Waals surface area (Å²) in [5, 5.41) is 3.62. The molecule has 1 heterocycles. The molecule has 0 spiro atoms. The van der Waals surface area contributed by atoms with Gasteiger partial charge in [0.15, 0.2) is 0 Å². The Bertz CT molecular complexity index is 491. The van der Waals surface area contributed by atoms with Crippen molar-refractivity contribution < 1.29 is 14.3 Å². The summed E-state index contributed by atoms with van der Waals surface area (Å²) >= 11 is 1.47. The van der Waals surface area contributed by atoms with Crippen molar-refractivity contribution in [2.24, 2.45) is 0 Å². The zero-order chi connectivity index (χ0) is 12.1. The molecule has 0 saturated heterocycles. The molecule has 4 heteroatoms. The van der Waals surface area contributed by atoms with Crippen molar-refractivity contribution in [2.45, 2.75) is 6.61 Å². The molecule has 0 aliphatic rings. The number of esters is 1. The molecule has 0 fully saturated rings. The molecule has 0 unspecified atom stereocenters. The van der Waals surface area contributed by atoms with Gasteiger partial charge < -0.3 is 9.47 Å². The van der Waals surface area contributed by atoms with Gasteiger partial charge in [0.25, 0.3) is 0 Å². The predicted molar refractivity (Wildman–Crippen MR) is 66.4 cm³/mol. The van der Waals surface area contributed by atoms with Crippen LogP contribution in [0.3, 0.4) is 0 Å². The van der Waals surface area contributed by atoms with E-state index in [4.69, 9.17) is 9.47 Å². The minimum atomic E-state index is -0.297. The van der Waals surface area contributed by atoms with E-state index in [0.717, 1.165) is 11.3 Å². The fraction of sp³-hybridized carbons (Fsp3) is 0.154. The third-order valence-electron chi connectivity index (χ3n) is 2.26. The third kappa shape index (κ3) is 3.07. The topological polar surface area (TPSA) is 35.5 Å². The van der Waals surface area contributed by atoms with E-state index in [2.05, 4.69) is 0 Å². The van der Waals surface area contributed by atoms with Crippen molar-refractivity contribution in [1.29, 1.82) is 0 Å². The molecule has 88 valence electrons. The lowest BCUT2D eigenvalue weighted by Gasteiger charge is -2.05. The van der Waals surface area contributed by atoms with Crippen molar-refractivity contribution in [3.05, 3.63) is 52.2 Å². The van der Waals surface area contributed by atoms with Crippen LogP contribution in [0.4, 0.5) is 0 Å². The van der Waals surface area contributed by atoms with Gasteiger partial charge in [-0.25, -0.2) is 4.79 Å². The van der Waals surface area contributed by atoms with Crippen LogP contribution in [-0.4, -0.2) is 13.1 Å². The van der Waals surface area contributed by atoms with Gasteiger partial charge in [0.1, 0.15) is 12.4 Å². The third-order valence-corrected chi connectivity index (χ3v) is 2.94. The minimum absolute atomic E-state index is 0.256. The van der Waals surface area contributed by atoms with Crippen LogP contribution in [0.5, 0.6) is 5.75 Å². The highest BCUT2D eigenvalue weighted by atomic mass is 32.1. The summed E-state index contributed by atoms with van der Waals surface area (Å²) in [7, 11) is 1.61. The lowest BCUT2D eigenvalue weighted by molar-refractivity contribution is 0.0473. The highest BCUT2D eigenvalue weighted by molar-refractivity contribution is 7.08. The van der Waals surface area contributed by atoms with Crippen LogP contribution < -0.4 is 4.74 Å². The quantitative estimate of drug-likeness (QED) is 0.780. The smallest absolute Gasteiger partial charge is 0.339 e. The number of benzene rings is 1. The molecular weight excluding hydrogens is 236 g/mol. The number of hydrogen-bond acceptors (Lipinski definition) is 4. The molecule has 0 atom stereocenters. The molecule has 0 aliphatic carbocycles. The van der Waals surface area contributed by atoms with Gasteiger partial charge in [-0.05, 0) is 29.1 Å². The van der Waals surface area contributed by atoms with Gasteiger partial charge in [0.05, 0.1) is 12.7 Å². The van der Waals surface area contributed by atoms with Crippen LogP contribution in [-0.2, 0) is 11.3 Å². The molecule has 0 bridgehead atoms.